The van der Waals surface area contributed by atoms with Crippen molar-refractivity contribution < 1.29 is 4.74 Å². The molecule has 0 fully saturated rings. The van der Waals surface area contributed by atoms with Crippen LogP contribution in [0.25, 0.3) is 0 Å². The van der Waals surface area contributed by atoms with E-state index in [1.54, 1.807) is 0 Å². The summed E-state index contributed by atoms with van der Waals surface area (Å²) in [4.78, 5) is 0. The Labute approximate surface area is 75.5 Å². The van der Waals surface area contributed by atoms with E-state index in [4.69, 9.17) is 17.6 Å². The molecule has 1 unspecified atom stereocenters. The van der Waals surface area contributed by atoms with Crippen LogP contribution in [0.5, 0.6) is 0 Å². The molecule has 0 rings (SSSR count). The van der Waals surface area contributed by atoms with Crippen LogP contribution in [-0.2, 0) is 4.74 Å². The van der Waals surface area contributed by atoms with Gasteiger partial charge < -0.3 is 4.74 Å². The first-order valence-corrected chi connectivity index (χ1v) is 4.36. The monoisotopic (exact) mass is 164 g/mol. The van der Waals surface area contributed by atoms with Crippen molar-refractivity contribution in [3.63, 3.8) is 0 Å². The number of ether oxygens (including phenoxy) is 1. The van der Waals surface area contributed by atoms with Crippen LogP contribution in [-0.4, -0.2) is 12.7 Å². The fraction of sp³-hybridized carbons (Fsp3) is 0.636. The molecular weight excluding hydrogens is 148 g/mol. The van der Waals surface area contributed by atoms with Gasteiger partial charge >= 0.3 is 0 Å². The van der Waals surface area contributed by atoms with Gasteiger partial charge in [0, 0.05) is 0 Å². The van der Waals surface area contributed by atoms with E-state index in [9.17, 15) is 0 Å². The normalized spacial score (nSPS) is 11.6. The summed E-state index contributed by atoms with van der Waals surface area (Å²) >= 11 is 0. The highest BCUT2D eigenvalue weighted by atomic mass is 16.5. The van der Waals surface area contributed by atoms with Crippen molar-refractivity contribution in [2.24, 2.45) is 0 Å². The second-order valence-electron chi connectivity index (χ2n) is 2.67. The lowest BCUT2D eigenvalue weighted by atomic mass is 10.1. The standard InChI is InChI=1S/C11H16O/c1-4-7-8-9-11(6-3)12-10-5-2/h2-3,11H,4,7-10H2,1H3. The van der Waals surface area contributed by atoms with E-state index >= 15 is 0 Å². The van der Waals surface area contributed by atoms with E-state index in [0.717, 1.165) is 12.8 Å². The maximum absolute atomic E-state index is 5.25. The summed E-state index contributed by atoms with van der Waals surface area (Å²) in [6.07, 6.45) is 14.7. The van der Waals surface area contributed by atoms with Gasteiger partial charge in [-0.15, -0.1) is 12.8 Å². The highest BCUT2D eigenvalue weighted by molar-refractivity contribution is 4.96. The lowest BCUT2D eigenvalue weighted by Crippen LogP contribution is -2.10. The Bertz CT molecular complexity index is 170. The van der Waals surface area contributed by atoms with Crippen LogP contribution in [0.3, 0.4) is 0 Å². The molecule has 0 spiro atoms. The van der Waals surface area contributed by atoms with Crippen molar-refractivity contribution in [1.29, 1.82) is 0 Å². The van der Waals surface area contributed by atoms with Crippen molar-refractivity contribution >= 4 is 0 Å². The Morgan fingerprint density at radius 3 is 2.58 bits per heavy atom. The molecule has 1 nitrogen and oxygen atoms in total. The maximum Gasteiger partial charge on any atom is 0.119 e. The summed E-state index contributed by atoms with van der Waals surface area (Å²) in [6, 6.07) is 0. The van der Waals surface area contributed by atoms with Gasteiger partial charge in [0.15, 0.2) is 0 Å². The molecule has 0 bridgehead atoms. The highest BCUT2D eigenvalue weighted by Gasteiger charge is 2.02. The van der Waals surface area contributed by atoms with Crippen LogP contribution in [0.4, 0.5) is 0 Å². The molecule has 66 valence electrons. The molecule has 0 aromatic rings. The van der Waals surface area contributed by atoms with Crippen molar-refractivity contribution in [1.82, 2.24) is 0 Å². The van der Waals surface area contributed by atoms with Gasteiger partial charge in [0.05, 0.1) is 0 Å². The third kappa shape index (κ3) is 5.83. The predicted molar refractivity (Wildman–Crippen MR) is 51.5 cm³/mol. The van der Waals surface area contributed by atoms with E-state index in [-0.39, 0.29) is 6.10 Å². The topological polar surface area (TPSA) is 9.23 Å². The number of hydrogen-bond donors (Lipinski definition) is 0. The number of unbranched alkanes of at least 4 members (excludes halogenated alkanes) is 2. The summed E-state index contributed by atoms with van der Waals surface area (Å²) < 4.78 is 5.21. The molecule has 0 saturated carbocycles. The fourth-order valence-electron chi connectivity index (χ4n) is 0.943. The molecule has 0 radical (unpaired) electrons. The lowest BCUT2D eigenvalue weighted by Gasteiger charge is -2.08. The van der Waals surface area contributed by atoms with Gasteiger partial charge in [-0.2, -0.15) is 0 Å². The number of hydrogen-bond acceptors (Lipinski definition) is 1. The molecule has 0 N–H and O–H groups in total. The van der Waals surface area contributed by atoms with Crippen LogP contribution in [0, 0.1) is 24.7 Å². The largest absolute Gasteiger partial charge is 0.353 e. The quantitative estimate of drug-likeness (QED) is 0.432. The molecule has 0 saturated heterocycles. The Balaban J connectivity index is 3.43. The van der Waals surface area contributed by atoms with Crippen molar-refractivity contribution in [3.8, 4) is 24.7 Å². The zero-order valence-corrected chi connectivity index (χ0v) is 7.68. The van der Waals surface area contributed by atoms with Gasteiger partial charge in [-0.05, 0) is 12.8 Å². The average molecular weight is 164 g/mol. The zero-order chi connectivity index (χ0) is 9.23. The minimum Gasteiger partial charge on any atom is -0.353 e. The van der Waals surface area contributed by atoms with E-state index < -0.39 is 0 Å². The molecule has 0 aliphatic heterocycles. The molecule has 12 heavy (non-hydrogen) atoms. The van der Waals surface area contributed by atoms with E-state index in [1.165, 1.54) is 12.8 Å². The number of rotatable bonds is 6. The molecule has 1 heteroatoms. The highest BCUT2D eigenvalue weighted by Crippen LogP contribution is 2.05. The minimum absolute atomic E-state index is 0.0902. The molecule has 1 atom stereocenters. The first kappa shape index (κ1) is 11.1. The van der Waals surface area contributed by atoms with Crippen LogP contribution in [0.2, 0.25) is 0 Å². The minimum atomic E-state index is -0.0902. The Hall–Kier alpha value is -0.920. The van der Waals surface area contributed by atoms with Crippen LogP contribution in [0.15, 0.2) is 0 Å². The fourth-order valence-corrected chi connectivity index (χ4v) is 0.943. The Kier molecular flexibility index (Phi) is 7.55. The first-order valence-electron chi connectivity index (χ1n) is 4.36. The second-order valence-corrected chi connectivity index (χ2v) is 2.67. The third-order valence-electron chi connectivity index (χ3n) is 1.62. The van der Waals surface area contributed by atoms with E-state index in [1.807, 2.05) is 0 Å². The van der Waals surface area contributed by atoms with E-state index in [2.05, 4.69) is 18.8 Å². The van der Waals surface area contributed by atoms with E-state index in [0.29, 0.717) is 6.61 Å². The summed E-state index contributed by atoms with van der Waals surface area (Å²) in [5.74, 6) is 4.98. The van der Waals surface area contributed by atoms with Gasteiger partial charge in [0.25, 0.3) is 0 Å². The summed E-state index contributed by atoms with van der Waals surface area (Å²) in [7, 11) is 0. The van der Waals surface area contributed by atoms with Crippen molar-refractivity contribution in [2.45, 2.75) is 38.7 Å². The molecular formula is C11H16O. The predicted octanol–water partition coefficient (Wildman–Crippen LogP) is 2.22. The van der Waals surface area contributed by atoms with Gasteiger partial charge in [-0.3, -0.25) is 0 Å². The van der Waals surface area contributed by atoms with Crippen LogP contribution in [0.1, 0.15) is 32.6 Å². The zero-order valence-electron chi connectivity index (χ0n) is 7.68. The van der Waals surface area contributed by atoms with Gasteiger partial charge in [0.2, 0.25) is 0 Å². The summed E-state index contributed by atoms with van der Waals surface area (Å²) in [6.45, 7) is 2.48. The summed E-state index contributed by atoms with van der Waals surface area (Å²) in [5.41, 5.74) is 0. The molecule has 0 aromatic carbocycles. The van der Waals surface area contributed by atoms with Crippen LogP contribution < -0.4 is 0 Å². The Morgan fingerprint density at radius 2 is 2.08 bits per heavy atom. The number of terminal acetylenes is 2. The maximum atomic E-state index is 5.25. The molecule has 0 aromatic heterocycles. The molecule has 0 aliphatic rings. The molecule has 0 amide bonds. The lowest BCUT2D eigenvalue weighted by molar-refractivity contribution is 0.112. The van der Waals surface area contributed by atoms with Crippen LogP contribution >= 0.6 is 0 Å². The second kappa shape index (κ2) is 8.18. The first-order chi connectivity index (χ1) is 5.85. The van der Waals surface area contributed by atoms with Gasteiger partial charge in [-0.1, -0.05) is 31.6 Å². The smallest absolute Gasteiger partial charge is 0.119 e. The van der Waals surface area contributed by atoms with Gasteiger partial charge in [-0.25, -0.2) is 0 Å². The SMILES string of the molecule is C#CCOC(C#C)CCCCC. The van der Waals surface area contributed by atoms with Crippen molar-refractivity contribution in [2.75, 3.05) is 6.61 Å². The molecule has 0 aliphatic carbocycles. The third-order valence-corrected chi connectivity index (χ3v) is 1.62. The average Bonchev–Trinajstić information content (AvgIpc) is 2.11. The Morgan fingerprint density at radius 1 is 1.33 bits per heavy atom. The molecule has 0 heterocycles. The van der Waals surface area contributed by atoms with Gasteiger partial charge in [0.1, 0.15) is 12.7 Å². The van der Waals surface area contributed by atoms with Crippen molar-refractivity contribution in [3.05, 3.63) is 0 Å². The summed E-state index contributed by atoms with van der Waals surface area (Å²) in [5, 5.41) is 0.